The second-order valence-electron chi connectivity index (χ2n) is 6.40. The monoisotopic (exact) mass is 404 g/mol. The summed E-state index contributed by atoms with van der Waals surface area (Å²) in [5, 5.41) is 0. The lowest BCUT2D eigenvalue weighted by atomic mass is 10.1. The van der Waals surface area contributed by atoms with Crippen molar-refractivity contribution in [2.45, 2.75) is 13.0 Å². The van der Waals surface area contributed by atoms with E-state index in [1.165, 1.54) is 19.1 Å². The zero-order valence-electron chi connectivity index (χ0n) is 16.3. The van der Waals surface area contributed by atoms with E-state index in [0.29, 0.717) is 0 Å². The highest BCUT2D eigenvalue weighted by molar-refractivity contribution is 6.02. The number of ether oxygens (including phenoxy) is 3. The van der Waals surface area contributed by atoms with Gasteiger partial charge in [0.05, 0.1) is 0 Å². The maximum Gasteiger partial charge on any atom is 0.336 e. The number of ketones is 1. The van der Waals surface area contributed by atoms with Crippen molar-refractivity contribution in [3.05, 3.63) is 95.5 Å². The molecule has 1 aliphatic rings. The van der Waals surface area contributed by atoms with Gasteiger partial charge in [-0.25, -0.2) is 9.59 Å². The number of carbonyl (C=O) groups is 3. The maximum atomic E-state index is 12.6. The van der Waals surface area contributed by atoms with Crippen molar-refractivity contribution in [1.82, 2.24) is 0 Å². The highest BCUT2D eigenvalue weighted by Gasteiger charge is 2.34. The molecule has 0 aliphatic carbocycles. The second-order valence-corrected chi connectivity index (χ2v) is 6.40. The second kappa shape index (κ2) is 10.0. The predicted octanol–water partition coefficient (Wildman–Crippen LogP) is 3.70. The molecule has 1 atom stereocenters. The van der Waals surface area contributed by atoms with Crippen molar-refractivity contribution in [1.29, 1.82) is 0 Å². The van der Waals surface area contributed by atoms with Gasteiger partial charge in [-0.1, -0.05) is 60.7 Å². The molecule has 6 heteroatoms. The van der Waals surface area contributed by atoms with Crippen molar-refractivity contribution in [3.63, 3.8) is 0 Å². The summed E-state index contributed by atoms with van der Waals surface area (Å²) >= 11 is 0. The summed E-state index contributed by atoms with van der Waals surface area (Å²) in [7, 11) is 0. The summed E-state index contributed by atoms with van der Waals surface area (Å²) in [6.45, 7) is 1.37. The maximum absolute atomic E-state index is 12.6. The molecule has 0 radical (unpaired) electrons. The Labute approximate surface area is 174 Å². The number of carbonyl (C=O) groups excluding carboxylic acids is 3. The molecule has 1 aliphatic heterocycles. The normalized spacial score (nSPS) is 16.6. The van der Waals surface area contributed by atoms with Gasteiger partial charge in [0.25, 0.3) is 0 Å². The molecule has 3 rings (SSSR count). The number of benzene rings is 2. The predicted molar refractivity (Wildman–Crippen MR) is 111 cm³/mol. The van der Waals surface area contributed by atoms with E-state index in [9.17, 15) is 14.4 Å². The molecule has 0 aromatic heterocycles. The summed E-state index contributed by atoms with van der Waals surface area (Å²) < 4.78 is 15.7. The van der Waals surface area contributed by atoms with Gasteiger partial charge in [0.2, 0.25) is 17.6 Å². The van der Waals surface area contributed by atoms with Crippen LogP contribution in [0.25, 0.3) is 12.2 Å². The third-order valence-electron chi connectivity index (χ3n) is 4.17. The van der Waals surface area contributed by atoms with E-state index in [2.05, 4.69) is 0 Å². The Morgan fingerprint density at radius 3 is 2.00 bits per heavy atom. The molecule has 1 unspecified atom stereocenters. The molecule has 0 spiro atoms. The van der Waals surface area contributed by atoms with E-state index in [1.807, 2.05) is 60.7 Å². The average molecular weight is 404 g/mol. The van der Waals surface area contributed by atoms with Gasteiger partial charge in [-0.05, 0) is 30.2 Å². The van der Waals surface area contributed by atoms with Gasteiger partial charge in [0.15, 0.2) is 0 Å². The lowest BCUT2D eigenvalue weighted by molar-refractivity contribution is -0.156. The van der Waals surface area contributed by atoms with Gasteiger partial charge in [0, 0.05) is 12.2 Å². The minimum atomic E-state index is -1.19. The highest BCUT2D eigenvalue weighted by Crippen LogP contribution is 2.20. The fourth-order valence-corrected chi connectivity index (χ4v) is 2.64. The Balaban J connectivity index is 1.60. The first-order valence-corrected chi connectivity index (χ1v) is 9.29. The lowest BCUT2D eigenvalue weighted by Crippen LogP contribution is -2.37. The van der Waals surface area contributed by atoms with Crippen molar-refractivity contribution in [3.8, 4) is 0 Å². The smallest absolute Gasteiger partial charge is 0.336 e. The molecule has 0 bridgehead atoms. The lowest BCUT2D eigenvalue weighted by Gasteiger charge is -2.23. The number of Topliss-reactive ketones (excluding diaryl/α,β-unsaturated/α-hetero) is 1. The molecular formula is C24H20O6. The number of rotatable bonds is 6. The SMILES string of the molecule is CC1=C(OC(=O)C=Cc2ccccc2)C(=O)C(OC(=O)C=Cc2ccccc2)CO1. The van der Waals surface area contributed by atoms with Gasteiger partial charge < -0.3 is 14.2 Å². The molecule has 2 aromatic rings. The van der Waals surface area contributed by atoms with Crippen LogP contribution < -0.4 is 0 Å². The zero-order valence-corrected chi connectivity index (χ0v) is 16.3. The van der Waals surface area contributed by atoms with Crippen LogP contribution in [0.15, 0.2) is 84.3 Å². The van der Waals surface area contributed by atoms with E-state index in [1.54, 1.807) is 12.2 Å². The molecule has 0 saturated heterocycles. The van der Waals surface area contributed by atoms with Crippen LogP contribution in [0.2, 0.25) is 0 Å². The molecule has 30 heavy (non-hydrogen) atoms. The van der Waals surface area contributed by atoms with Crippen molar-refractivity contribution < 1.29 is 28.6 Å². The fourth-order valence-electron chi connectivity index (χ4n) is 2.64. The zero-order chi connectivity index (χ0) is 21.3. The standard InChI is InChI=1S/C24H20O6/c1-17-24(30-22(26)15-13-19-10-6-3-7-11-19)23(27)20(16-28-17)29-21(25)14-12-18-8-4-2-5-9-18/h2-15,20H,16H2,1H3. The van der Waals surface area contributed by atoms with E-state index < -0.39 is 23.8 Å². The highest BCUT2D eigenvalue weighted by atomic mass is 16.6. The quantitative estimate of drug-likeness (QED) is 0.540. The molecule has 6 nitrogen and oxygen atoms in total. The summed E-state index contributed by atoms with van der Waals surface area (Å²) in [6, 6.07) is 18.4. The fraction of sp³-hybridized carbons (Fsp3) is 0.125. The first-order valence-electron chi connectivity index (χ1n) is 9.29. The Hall–Kier alpha value is -3.93. The van der Waals surface area contributed by atoms with E-state index in [4.69, 9.17) is 14.2 Å². The third-order valence-corrected chi connectivity index (χ3v) is 4.17. The molecule has 0 fully saturated rings. The van der Waals surface area contributed by atoms with Crippen LogP contribution in [-0.4, -0.2) is 30.4 Å². The van der Waals surface area contributed by atoms with E-state index in [-0.39, 0.29) is 18.1 Å². The van der Waals surface area contributed by atoms with Gasteiger partial charge in [-0.3, -0.25) is 4.79 Å². The van der Waals surface area contributed by atoms with Crippen LogP contribution in [0.4, 0.5) is 0 Å². The number of allylic oxidation sites excluding steroid dienone is 1. The molecular weight excluding hydrogens is 384 g/mol. The van der Waals surface area contributed by atoms with Crippen LogP contribution in [0.3, 0.4) is 0 Å². The Morgan fingerprint density at radius 1 is 0.900 bits per heavy atom. The molecule has 0 saturated carbocycles. The van der Waals surface area contributed by atoms with Crippen molar-refractivity contribution in [2.24, 2.45) is 0 Å². The summed E-state index contributed by atoms with van der Waals surface area (Å²) in [5.41, 5.74) is 1.62. The van der Waals surface area contributed by atoms with Crippen LogP contribution in [-0.2, 0) is 28.6 Å². The molecule has 0 N–H and O–H groups in total. The van der Waals surface area contributed by atoms with Gasteiger partial charge in [-0.2, -0.15) is 0 Å². The minimum absolute atomic E-state index is 0.142. The molecule has 1 heterocycles. The summed E-state index contributed by atoms with van der Waals surface area (Å²) in [4.78, 5) is 36.8. The summed E-state index contributed by atoms with van der Waals surface area (Å²) in [5.74, 6) is -2.17. The van der Waals surface area contributed by atoms with Crippen LogP contribution >= 0.6 is 0 Å². The van der Waals surface area contributed by atoms with Crippen molar-refractivity contribution >= 4 is 29.9 Å². The number of esters is 2. The van der Waals surface area contributed by atoms with Crippen LogP contribution in [0.5, 0.6) is 0 Å². The van der Waals surface area contributed by atoms with Gasteiger partial charge in [-0.15, -0.1) is 0 Å². The van der Waals surface area contributed by atoms with E-state index >= 15 is 0 Å². The van der Waals surface area contributed by atoms with Gasteiger partial charge in [0.1, 0.15) is 12.4 Å². The number of hydrogen-bond acceptors (Lipinski definition) is 6. The molecule has 152 valence electrons. The van der Waals surface area contributed by atoms with Crippen LogP contribution in [0, 0.1) is 0 Å². The van der Waals surface area contributed by atoms with E-state index in [0.717, 1.165) is 11.1 Å². The van der Waals surface area contributed by atoms with Crippen LogP contribution in [0.1, 0.15) is 18.1 Å². The van der Waals surface area contributed by atoms with Gasteiger partial charge >= 0.3 is 11.9 Å². The molecule has 0 amide bonds. The first-order chi connectivity index (χ1) is 14.5. The Bertz CT molecular complexity index is 1000. The topological polar surface area (TPSA) is 78.9 Å². The largest absolute Gasteiger partial charge is 0.490 e. The summed E-state index contributed by atoms with van der Waals surface area (Å²) in [6.07, 6.45) is 4.39. The molecule has 2 aromatic carbocycles. The average Bonchev–Trinajstić information content (AvgIpc) is 2.77. The first kappa shape index (κ1) is 20.8. The minimum Gasteiger partial charge on any atom is -0.490 e. The third kappa shape index (κ3) is 5.78. The Kier molecular flexibility index (Phi) is 6.95. The van der Waals surface area contributed by atoms with Crippen molar-refractivity contribution in [2.75, 3.05) is 6.61 Å². The number of hydrogen-bond donors (Lipinski definition) is 0. The Morgan fingerprint density at radius 2 is 1.43 bits per heavy atom.